The van der Waals surface area contributed by atoms with Crippen molar-refractivity contribution < 1.29 is 14.2 Å². The van der Waals surface area contributed by atoms with Crippen molar-refractivity contribution in [3.05, 3.63) is 41.7 Å². The van der Waals surface area contributed by atoms with Crippen LogP contribution in [0.4, 0.5) is 4.39 Å². The third kappa shape index (κ3) is 4.76. The van der Waals surface area contributed by atoms with E-state index < -0.39 is 6.10 Å². The van der Waals surface area contributed by atoms with Crippen LogP contribution in [0, 0.1) is 19.7 Å². The van der Waals surface area contributed by atoms with E-state index in [1.54, 1.807) is 12.1 Å². The summed E-state index contributed by atoms with van der Waals surface area (Å²) in [4.78, 5) is 6.63. The van der Waals surface area contributed by atoms with E-state index in [-0.39, 0.29) is 12.4 Å². The lowest BCUT2D eigenvalue weighted by Gasteiger charge is -2.27. The number of nitrogens with zero attached hydrogens (tertiary/aromatic N) is 4. The van der Waals surface area contributed by atoms with Crippen molar-refractivity contribution in [1.29, 1.82) is 0 Å². The molecule has 1 saturated heterocycles. The van der Waals surface area contributed by atoms with Crippen molar-refractivity contribution in [1.82, 2.24) is 19.7 Å². The molecule has 136 valence electrons. The minimum absolute atomic E-state index is 0.191. The topological polar surface area (TPSA) is 63.4 Å². The van der Waals surface area contributed by atoms with Crippen LogP contribution in [-0.4, -0.2) is 56.6 Å². The second kappa shape index (κ2) is 7.93. The van der Waals surface area contributed by atoms with Crippen molar-refractivity contribution in [3.63, 3.8) is 0 Å². The number of β-amino-alcohol motifs (C(OH)–C–C–N with tert-alkyl or cyclic N) is 1. The number of benzene rings is 1. The van der Waals surface area contributed by atoms with Crippen LogP contribution < -0.4 is 4.74 Å². The molecule has 1 aromatic heterocycles. The van der Waals surface area contributed by atoms with Crippen LogP contribution in [0.15, 0.2) is 24.3 Å². The van der Waals surface area contributed by atoms with Crippen molar-refractivity contribution in [3.8, 4) is 5.75 Å². The lowest BCUT2D eigenvalue weighted by Crippen LogP contribution is -2.40. The van der Waals surface area contributed by atoms with Gasteiger partial charge in [0.2, 0.25) is 0 Å². The Kier molecular flexibility index (Phi) is 5.65. The Bertz CT molecular complexity index is 689. The first-order valence-corrected chi connectivity index (χ1v) is 8.70. The summed E-state index contributed by atoms with van der Waals surface area (Å²) in [7, 11) is 0. The van der Waals surface area contributed by atoms with Gasteiger partial charge in [-0.1, -0.05) is 0 Å². The summed E-state index contributed by atoms with van der Waals surface area (Å²) < 4.78 is 20.4. The number of hydrogen-bond donors (Lipinski definition) is 1. The maximum absolute atomic E-state index is 12.9. The number of aliphatic hydroxyl groups is 1. The first-order valence-electron chi connectivity index (χ1n) is 8.70. The molecule has 7 heteroatoms. The van der Waals surface area contributed by atoms with Gasteiger partial charge in [-0.05, 0) is 57.5 Å². The average Bonchev–Trinajstić information content (AvgIpc) is 3.13. The smallest absolute Gasteiger partial charge is 0.147 e. The summed E-state index contributed by atoms with van der Waals surface area (Å²) >= 11 is 0. The Balaban J connectivity index is 1.50. The van der Waals surface area contributed by atoms with Gasteiger partial charge < -0.3 is 9.84 Å². The van der Waals surface area contributed by atoms with E-state index in [2.05, 4.69) is 15.0 Å². The standard InChI is InChI=1S/C18H25FN4O2/c1-13-20-14(2)23(21-13)10-16-4-3-9-22(16)11-17(24)12-25-18-7-5-15(19)6-8-18/h5-8,16-17,24H,3-4,9-12H2,1-2H3/t16-,17-/m1/s1. The summed E-state index contributed by atoms with van der Waals surface area (Å²) in [5, 5.41) is 14.7. The Morgan fingerprint density at radius 1 is 1.32 bits per heavy atom. The molecule has 0 saturated carbocycles. The fourth-order valence-electron chi connectivity index (χ4n) is 3.32. The third-order valence-corrected chi connectivity index (χ3v) is 4.55. The van der Waals surface area contributed by atoms with Gasteiger partial charge in [0.05, 0.1) is 6.54 Å². The molecular formula is C18H25FN4O2. The first-order chi connectivity index (χ1) is 12.0. The van der Waals surface area contributed by atoms with Gasteiger partial charge in [-0.2, -0.15) is 5.10 Å². The first kappa shape index (κ1) is 17.8. The van der Waals surface area contributed by atoms with Crippen LogP contribution in [0.2, 0.25) is 0 Å². The highest BCUT2D eigenvalue weighted by molar-refractivity contribution is 5.22. The van der Waals surface area contributed by atoms with Crippen molar-refractivity contribution in [2.45, 2.75) is 45.4 Å². The number of aromatic nitrogens is 3. The van der Waals surface area contributed by atoms with Crippen LogP contribution in [0.5, 0.6) is 5.75 Å². The lowest BCUT2D eigenvalue weighted by atomic mass is 10.2. The molecule has 0 radical (unpaired) electrons. The number of hydrogen-bond acceptors (Lipinski definition) is 5. The minimum atomic E-state index is -0.593. The number of ether oxygens (including phenoxy) is 1. The summed E-state index contributed by atoms with van der Waals surface area (Å²) in [6, 6.07) is 6.18. The lowest BCUT2D eigenvalue weighted by molar-refractivity contribution is 0.0608. The normalized spacial score (nSPS) is 19.3. The Hall–Kier alpha value is -1.99. The molecule has 0 amide bonds. The second-order valence-corrected chi connectivity index (χ2v) is 6.60. The zero-order chi connectivity index (χ0) is 17.8. The van der Waals surface area contributed by atoms with E-state index in [0.29, 0.717) is 18.3 Å². The van der Waals surface area contributed by atoms with E-state index in [1.807, 2.05) is 18.5 Å². The maximum Gasteiger partial charge on any atom is 0.147 e. The molecule has 1 fully saturated rings. The number of aliphatic hydroxyl groups excluding tert-OH is 1. The van der Waals surface area contributed by atoms with Gasteiger partial charge in [0.1, 0.15) is 35.9 Å². The highest BCUT2D eigenvalue weighted by Gasteiger charge is 2.27. The van der Waals surface area contributed by atoms with Crippen LogP contribution in [0.3, 0.4) is 0 Å². The zero-order valence-electron chi connectivity index (χ0n) is 14.7. The third-order valence-electron chi connectivity index (χ3n) is 4.55. The van der Waals surface area contributed by atoms with Gasteiger partial charge in [0.15, 0.2) is 0 Å². The van der Waals surface area contributed by atoms with Crippen LogP contribution in [0.25, 0.3) is 0 Å². The summed E-state index contributed by atoms with van der Waals surface area (Å²) in [6.07, 6.45) is 1.61. The van der Waals surface area contributed by atoms with Gasteiger partial charge in [0, 0.05) is 12.6 Å². The zero-order valence-corrected chi connectivity index (χ0v) is 14.7. The van der Waals surface area contributed by atoms with Crippen LogP contribution in [0.1, 0.15) is 24.5 Å². The predicted octanol–water partition coefficient (Wildman–Crippen LogP) is 1.94. The van der Waals surface area contributed by atoms with Gasteiger partial charge in [-0.15, -0.1) is 0 Å². The van der Waals surface area contributed by atoms with E-state index >= 15 is 0 Å². The second-order valence-electron chi connectivity index (χ2n) is 6.60. The van der Waals surface area contributed by atoms with E-state index in [1.165, 1.54) is 12.1 Å². The van der Waals surface area contributed by atoms with E-state index in [4.69, 9.17) is 4.74 Å². The quantitative estimate of drug-likeness (QED) is 0.828. The number of halogens is 1. The largest absolute Gasteiger partial charge is 0.491 e. The molecule has 25 heavy (non-hydrogen) atoms. The number of rotatable bonds is 7. The molecule has 0 unspecified atom stereocenters. The van der Waals surface area contributed by atoms with Gasteiger partial charge in [0.25, 0.3) is 0 Å². The molecule has 1 aliphatic rings. The molecule has 2 atom stereocenters. The molecule has 2 heterocycles. The molecule has 1 aliphatic heterocycles. The fourth-order valence-corrected chi connectivity index (χ4v) is 3.32. The Labute approximate surface area is 147 Å². The highest BCUT2D eigenvalue weighted by Crippen LogP contribution is 2.20. The summed E-state index contributed by atoms with van der Waals surface area (Å²) in [6.45, 7) is 6.36. The van der Waals surface area contributed by atoms with Gasteiger partial charge >= 0.3 is 0 Å². The molecule has 0 bridgehead atoms. The average molecular weight is 348 g/mol. The minimum Gasteiger partial charge on any atom is -0.491 e. The number of aryl methyl sites for hydroxylation is 2. The van der Waals surface area contributed by atoms with Crippen molar-refractivity contribution in [2.75, 3.05) is 19.7 Å². The fraction of sp³-hybridized carbons (Fsp3) is 0.556. The molecule has 6 nitrogen and oxygen atoms in total. The summed E-state index contributed by atoms with van der Waals surface area (Å²) in [5.74, 6) is 1.97. The molecule has 0 spiro atoms. The van der Waals surface area contributed by atoms with Crippen molar-refractivity contribution in [2.24, 2.45) is 0 Å². The van der Waals surface area contributed by atoms with E-state index in [0.717, 1.165) is 37.6 Å². The highest BCUT2D eigenvalue weighted by atomic mass is 19.1. The van der Waals surface area contributed by atoms with Crippen LogP contribution in [-0.2, 0) is 6.54 Å². The molecule has 1 N–H and O–H groups in total. The maximum atomic E-state index is 12.9. The molecular weight excluding hydrogens is 323 g/mol. The Morgan fingerprint density at radius 3 is 2.76 bits per heavy atom. The molecule has 0 aliphatic carbocycles. The molecule has 3 rings (SSSR count). The monoisotopic (exact) mass is 348 g/mol. The van der Waals surface area contributed by atoms with Gasteiger partial charge in [-0.25, -0.2) is 14.1 Å². The molecule has 2 aromatic rings. The number of likely N-dealkylation sites (tertiary alicyclic amines) is 1. The van der Waals surface area contributed by atoms with Crippen LogP contribution >= 0.6 is 0 Å². The molecule has 1 aromatic carbocycles. The SMILES string of the molecule is Cc1nc(C)n(C[C@H]2CCCN2C[C@@H](O)COc2ccc(F)cc2)n1. The van der Waals surface area contributed by atoms with E-state index in [9.17, 15) is 9.50 Å². The van der Waals surface area contributed by atoms with Crippen molar-refractivity contribution >= 4 is 0 Å². The summed E-state index contributed by atoms with van der Waals surface area (Å²) in [5.41, 5.74) is 0. The Morgan fingerprint density at radius 2 is 2.08 bits per heavy atom. The van der Waals surface area contributed by atoms with Gasteiger partial charge in [-0.3, -0.25) is 4.90 Å². The predicted molar refractivity (Wildman–Crippen MR) is 92.0 cm³/mol.